The molecule has 0 aromatic heterocycles. The maximum atomic E-state index is 12.7. The minimum absolute atomic E-state index is 0.0591. The molecule has 11 heteroatoms. The van der Waals surface area contributed by atoms with Gasteiger partial charge in [-0.3, -0.25) is 9.10 Å². The number of rotatable bonds is 9. The number of sulfonamides is 2. The van der Waals surface area contributed by atoms with Crippen molar-refractivity contribution in [3.8, 4) is 5.75 Å². The van der Waals surface area contributed by atoms with Gasteiger partial charge in [0.05, 0.1) is 29.6 Å². The fourth-order valence-corrected chi connectivity index (χ4v) is 5.07. The van der Waals surface area contributed by atoms with Gasteiger partial charge in [-0.1, -0.05) is 18.2 Å². The van der Waals surface area contributed by atoms with Gasteiger partial charge in [0.25, 0.3) is 0 Å². The highest BCUT2D eigenvalue weighted by atomic mass is 32.2. The molecule has 0 aliphatic heterocycles. The molecular formula is C20H27N3O6S2. The number of nitrogens with one attached hydrogen (secondary N) is 2. The molecule has 9 nitrogen and oxygen atoms in total. The van der Waals surface area contributed by atoms with Crippen LogP contribution in [0.2, 0.25) is 0 Å². The molecule has 2 rings (SSSR count). The molecule has 0 radical (unpaired) electrons. The molecule has 1 amide bonds. The normalized spacial score (nSPS) is 11.9. The number of benzene rings is 2. The van der Waals surface area contributed by atoms with Crippen LogP contribution in [0.25, 0.3) is 0 Å². The van der Waals surface area contributed by atoms with E-state index in [0.717, 1.165) is 10.6 Å². The number of amides is 1. The Morgan fingerprint density at radius 3 is 2.29 bits per heavy atom. The molecule has 0 unspecified atom stereocenters. The van der Waals surface area contributed by atoms with E-state index in [1.54, 1.807) is 45.0 Å². The minimum Gasteiger partial charge on any atom is -0.495 e. The summed E-state index contributed by atoms with van der Waals surface area (Å²) in [6.07, 6.45) is 1.01. The van der Waals surface area contributed by atoms with Crippen LogP contribution in [0, 0.1) is 6.92 Å². The molecule has 2 N–H and O–H groups in total. The molecular weight excluding hydrogens is 442 g/mol. The first-order chi connectivity index (χ1) is 14.3. The number of hydrogen-bond acceptors (Lipinski definition) is 6. The van der Waals surface area contributed by atoms with Crippen molar-refractivity contribution in [3.63, 3.8) is 0 Å². The third kappa shape index (κ3) is 6.42. The van der Waals surface area contributed by atoms with Crippen LogP contribution in [-0.4, -0.2) is 48.7 Å². The molecule has 31 heavy (non-hydrogen) atoms. The van der Waals surface area contributed by atoms with Crippen molar-refractivity contribution >= 4 is 37.3 Å². The highest BCUT2D eigenvalue weighted by Crippen LogP contribution is 2.28. The molecule has 0 saturated heterocycles. The lowest BCUT2D eigenvalue weighted by Crippen LogP contribution is -2.38. The summed E-state index contributed by atoms with van der Waals surface area (Å²) in [6.45, 7) is 4.63. The second-order valence-electron chi connectivity index (χ2n) is 7.24. The second-order valence-corrected chi connectivity index (χ2v) is 10.9. The molecule has 0 aliphatic carbocycles. The third-order valence-electron chi connectivity index (χ3n) is 4.22. The lowest BCUT2D eigenvalue weighted by atomic mass is 10.2. The Bertz CT molecular complexity index is 1160. The predicted molar refractivity (Wildman–Crippen MR) is 120 cm³/mol. The Balaban J connectivity index is 2.35. The van der Waals surface area contributed by atoms with Crippen LogP contribution in [0.4, 0.5) is 11.4 Å². The maximum absolute atomic E-state index is 12.7. The van der Waals surface area contributed by atoms with Crippen LogP contribution in [0.1, 0.15) is 19.4 Å². The first-order valence-electron chi connectivity index (χ1n) is 9.38. The van der Waals surface area contributed by atoms with Gasteiger partial charge in [0.15, 0.2) is 0 Å². The minimum atomic E-state index is -3.80. The Kier molecular flexibility index (Phi) is 7.68. The van der Waals surface area contributed by atoms with E-state index in [1.807, 2.05) is 0 Å². The van der Waals surface area contributed by atoms with Crippen molar-refractivity contribution in [2.75, 3.05) is 29.5 Å². The third-order valence-corrected chi connectivity index (χ3v) is 7.00. The van der Waals surface area contributed by atoms with E-state index >= 15 is 0 Å². The van der Waals surface area contributed by atoms with Crippen molar-refractivity contribution in [1.29, 1.82) is 0 Å². The zero-order valence-corrected chi connectivity index (χ0v) is 19.7. The van der Waals surface area contributed by atoms with Gasteiger partial charge in [-0.15, -0.1) is 0 Å². The highest BCUT2D eigenvalue weighted by molar-refractivity contribution is 7.92. The van der Waals surface area contributed by atoms with E-state index in [4.69, 9.17) is 4.74 Å². The van der Waals surface area contributed by atoms with Gasteiger partial charge in [-0.25, -0.2) is 21.6 Å². The number of anilines is 2. The fraction of sp³-hybridized carbons (Fsp3) is 0.350. The van der Waals surface area contributed by atoms with Crippen molar-refractivity contribution < 1.29 is 26.4 Å². The lowest BCUT2D eigenvalue weighted by molar-refractivity contribution is -0.114. The first-order valence-corrected chi connectivity index (χ1v) is 12.7. The number of aryl methyl sites for hydroxylation is 1. The summed E-state index contributed by atoms with van der Waals surface area (Å²) in [7, 11) is -6.18. The standard InChI is InChI=1S/C20H27N3O6S2/c1-14(2)22-31(27,28)16-10-11-19(29-4)17(12-16)21-20(24)13-23(30(5,25)26)18-9-7-6-8-15(18)3/h6-12,14,22H,13H2,1-5H3,(H,21,24). The SMILES string of the molecule is COc1ccc(S(=O)(=O)NC(C)C)cc1NC(=O)CN(c1ccccc1C)S(C)(=O)=O. The smallest absolute Gasteiger partial charge is 0.245 e. The van der Waals surface area contributed by atoms with Gasteiger partial charge in [-0.2, -0.15) is 0 Å². The Morgan fingerprint density at radius 2 is 1.74 bits per heavy atom. The summed E-state index contributed by atoms with van der Waals surface area (Å²) in [6, 6.07) is 10.5. The highest BCUT2D eigenvalue weighted by Gasteiger charge is 2.24. The van der Waals surface area contributed by atoms with Crippen LogP contribution in [0.15, 0.2) is 47.4 Å². The van der Waals surface area contributed by atoms with E-state index in [1.165, 1.54) is 25.3 Å². The quantitative estimate of drug-likeness (QED) is 0.580. The number of hydrogen-bond donors (Lipinski definition) is 2. The molecule has 0 aliphatic rings. The van der Waals surface area contributed by atoms with E-state index in [9.17, 15) is 21.6 Å². The zero-order chi connectivity index (χ0) is 23.4. The zero-order valence-electron chi connectivity index (χ0n) is 18.0. The number of carbonyl (C=O) groups is 1. The summed E-state index contributed by atoms with van der Waals surface area (Å²) in [5.41, 5.74) is 1.17. The molecule has 0 fully saturated rings. The van der Waals surface area contributed by atoms with E-state index in [0.29, 0.717) is 11.3 Å². The van der Waals surface area contributed by atoms with Gasteiger partial charge in [0, 0.05) is 6.04 Å². The van der Waals surface area contributed by atoms with E-state index in [-0.39, 0.29) is 22.4 Å². The van der Waals surface area contributed by atoms with E-state index in [2.05, 4.69) is 10.0 Å². The fourth-order valence-electron chi connectivity index (χ4n) is 2.87. The van der Waals surface area contributed by atoms with Crippen LogP contribution < -0.4 is 19.1 Å². The van der Waals surface area contributed by atoms with Gasteiger partial charge < -0.3 is 10.1 Å². The van der Waals surface area contributed by atoms with Crippen LogP contribution >= 0.6 is 0 Å². The summed E-state index contributed by atoms with van der Waals surface area (Å²) in [4.78, 5) is 12.7. The summed E-state index contributed by atoms with van der Waals surface area (Å²) in [5.74, 6) is -0.419. The summed E-state index contributed by atoms with van der Waals surface area (Å²) < 4.78 is 58.2. The van der Waals surface area contributed by atoms with Crippen molar-refractivity contribution in [3.05, 3.63) is 48.0 Å². The maximum Gasteiger partial charge on any atom is 0.245 e. The Morgan fingerprint density at radius 1 is 1.10 bits per heavy atom. The second kappa shape index (κ2) is 9.67. The largest absolute Gasteiger partial charge is 0.495 e. The van der Waals surface area contributed by atoms with Gasteiger partial charge in [0.1, 0.15) is 12.3 Å². The van der Waals surface area contributed by atoms with Crippen molar-refractivity contribution in [2.45, 2.75) is 31.7 Å². The van der Waals surface area contributed by atoms with Gasteiger partial charge in [0.2, 0.25) is 26.0 Å². The number of ether oxygens (including phenoxy) is 1. The van der Waals surface area contributed by atoms with Gasteiger partial charge in [-0.05, 0) is 50.6 Å². The molecule has 170 valence electrons. The molecule has 0 atom stereocenters. The number of nitrogens with zero attached hydrogens (tertiary/aromatic N) is 1. The molecule has 0 bridgehead atoms. The molecule has 0 heterocycles. The van der Waals surface area contributed by atoms with Crippen molar-refractivity contribution in [1.82, 2.24) is 4.72 Å². The predicted octanol–water partition coefficient (Wildman–Crippen LogP) is 2.10. The topological polar surface area (TPSA) is 122 Å². The molecule has 0 saturated carbocycles. The Labute approximate surface area is 183 Å². The van der Waals surface area contributed by atoms with Crippen molar-refractivity contribution in [2.24, 2.45) is 0 Å². The first kappa shape index (κ1) is 24.6. The Hall–Kier alpha value is -2.63. The number of methoxy groups -OCH3 is 1. The van der Waals surface area contributed by atoms with Crippen LogP contribution in [-0.2, 0) is 24.8 Å². The molecule has 2 aromatic rings. The summed E-state index contributed by atoms with van der Waals surface area (Å²) >= 11 is 0. The average molecular weight is 470 g/mol. The average Bonchev–Trinajstić information content (AvgIpc) is 2.65. The van der Waals surface area contributed by atoms with E-state index < -0.39 is 32.5 Å². The lowest BCUT2D eigenvalue weighted by Gasteiger charge is -2.23. The monoisotopic (exact) mass is 469 g/mol. The number of para-hydroxylation sites is 1. The van der Waals surface area contributed by atoms with Crippen LogP contribution in [0.3, 0.4) is 0 Å². The van der Waals surface area contributed by atoms with Gasteiger partial charge >= 0.3 is 0 Å². The van der Waals surface area contributed by atoms with Crippen LogP contribution in [0.5, 0.6) is 5.75 Å². The number of carbonyl (C=O) groups excluding carboxylic acids is 1. The molecule has 2 aromatic carbocycles. The summed E-state index contributed by atoms with van der Waals surface area (Å²) in [5, 5.41) is 2.56. The molecule has 0 spiro atoms.